The van der Waals surface area contributed by atoms with E-state index in [1.807, 2.05) is 109 Å². The van der Waals surface area contributed by atoms with E-state index in [4.69, 9.17) is 0 Å². The number of aromatic nitrogens is 6. The second-order valence-corrected chi connectivity index (χ2v) is 9.27. The van der Waals surface area contributed by atoms with Crippen molar-refractivity contribution in [3.05, 3.63) is 146 Å². The summed E-state index contributed by atoms with van der Waals surface area (Å²) in [5.41, 5.74) is 5.49. The van der Waals surface area contributed by atoms with Gasteiger partial charge in [0.1, 0.15) is 0 Å². The molecule has 6 heterocycles. The summed E-state index contributed by atoms with van der Waals surface area (Å²) in [6.45, 7) is 0. The first-order valence-corrected chi connectivity index (χ1v) is 14.9. The molecule has 0 N–H and O–H groups in total. The summed E-state index contributed by atoms with van der Waals surface area (Å²) in [4.78, 5) is 25.1. The van der Waals surface area contributed by atoms with Gasteiger partial charge < -0.3 is 69.1 Å². The van der Waals surface area contributed by atoms with Gasteiger partial charge in [-0.1, -0.05) is 36.4 Å². The first kappa shape index (κ1) is 53.8. The SMILES string of the molecule is F[B-](F)(F)F.F[B-](F)(F)F.F[B-](F)(F)F.F[B-](F)(F)F.[Ru+4].c1ccc(-c2ccccn2)nc1.c1ccc(-c2ccccn2)nc1.c1ccc(-c2ccccn2)nc1. The van der Waals surface area contributed by atoms with E-state index < -0.39 is 29.0 Å². The molecule has 0 aliphatic carbocycles. The molecule has 6 aromatic heterocycles. The predicted octanol–water partition coefficient (Wildman–Crippen LogP) is 11.6. The van der Waals surface area contributed by atoms with Crippen molar-refractivity contribution in [2.24, 2.45) is 0 Å². The van der Waals surface area contributed by atoms with Crippen LogP contribution in [0, 0.1) is 0 Å². The Hall–Kier alpha value is -5.34. The van der Waals surface area contributed by atoms with Crippen LogP contribution in [0.25, 0.3) is 34.2 Å². The fourth-order valence-corrected chi connectivity index (χ4v) is 3.09. The molecule has 0 amide bonds. The fourth-order valence-electron chi connectivity index (χ4n) is 3.09. The molecule has 57 heavy (non-hydrogen) atoms. The molecule has 0 aromatic carbocycles. The number of hydrogen-bond acceptors (Lipinski definition) is 6. The molecule has 0 saturated carbocycles. The maximum absolute atomic E-state index is 9.75. The monoisotopic (exact) mass is 918 g/mol. The van der Waals surface area contributed by atoms with E-state index in [0.29, 0.717) is 0 Å². The van der Waals surface area contributed by atoms with Gasteiger partial charge in [-0.2, -0.15) is 0 Å². The third-order valence-electron chi connectivity index (χ3n) is 4.78. The Morgan fingerprint density at radius 2 is 0.333 bits per heavy atom. The maximum atomic E-state index is 9.75. The largest absolute Gasteiger partial charge is 4.00 e. The Morgan fingerprint density at radius 3 is 0.404 bits per heavy atom. The summed E-state index contributed by atoms with van der Waals surface area (Å²) >= 11 is 0. The average molecular weight is 917 g/mol. The van der Waals surface area contributed by atoms with Crippen molar-refractivity contribution in [2.75, 3.05) is 0 Å². The van der Waals surface area contributed by atoms with Crippen molar-refractivity contribution in [2.45, 2.75) is 0 Å². The van der Waals surface area contributed by atoms with E-state index in [1.54, 1.807) is 37.2 Å². The van der Waals surface area contributed by atoms with E-state index in [2.05, 4.69) is 29.9 Å². The van der Waals surface area contributed by atoms with Gasteiger partial charge >= 0.3 is 48.5 Å². The average Bonchev–Trinajstić information content (AvgIpc) is 3.12. The topological polar surface area (TPSA) is 77.3 Å². The zero-order valence-electron chi connectivity index (χ0n) is 28.3. The van der Waals surface area contributed by atoms with Crippen molar-refractivity contribution in [1.29, 1.82) is 0 Å². The molecule has 306 valence electrons. The first-order chi connectivity index (χ1) is 25.9. The van der Waals surface area contributed by atoms with Crippen LogP contribution in [0.4, 0.5) is 69.1 Å². The third-order valence-corrected chi connectivity index (χ3v) is 4.78. The Balaban J connectivity index is 0. The van der Waals surface area contributed by atoms with Gasteiger partial charge in [-0.15, -0.1) is 0 Å². The van der Waals surface area contributed by atoms with Crippen LogP contribution < -0.4 is 0 Å². The van der Waals surface area contributed by atoms with Crippen LogP contribution in [-0.4, -0.2) is 58.9 Å². The molecule has 0 aliphatic heterocycles. The Bertz CT molecular complexity index is 1460. The molecule has 6 rings (SSSR count). The van der Waals surface area contributed by atoms with Crippen LogP contribution in [0.5, 0.6) is 0 Å². The Kier molecular flexibility index (Phi) is 26.5. The predicted molar refractivity (Wildman–Crippen MR) is 183 cm³/mol. The van der Waals surface area contributed by atoms with Crippen molar-refractivity contribution in [3.63, 3.8) is 0 Å². The summed E-state index contributed by atoms with van der Waals surface area (Å²) in [6.07, 6.45) is 10.6. The standard InChI is InChI=1S/3C10H8N2.4BF4.Ru/c3*1-3-7-11-9(5-1)10-6-2-4-8-12-10;4*2-1(3,4)5;/h3*1-8H;;;;;/q;;;4*-1;+4. The zero-order valence-corrected chi connectivity index (χ0v) is 30.0. The van der Waals surface area contributed by atoms with Crippen LogP contribution in [0.15, 0.2) is 146 Å². The minimum Gasteiger partial charge on any atom is -0.418 e. The first-order valence-electron chi connectivity index (χ1n) is 14.9. The second-order valence-electron chi connectivity index (χ2n) is 9.27. The number of nitrogens with zero attached hydrogens (tertiary/aromatic N) is 6. The number of pyridine rings is 6. The molecule has 0 spiro atoms. The number of halogens is 16. The summed E-state index contributed by atoms with van der Waals surface area (Å²) < 4.78 is 156. The summed E-state index contributed by atoms with van der Waals surface area (Å²) in [5, 5.41) is 0. The van der Waals surface area contributed by atoms with Gasteiger partial charge in [-0.05, 0) is 72.8 Å². The van der Waals surface area contributed by atoms with Gasteiger partial charge in [0, 0.05) is 37.2 Å². The molecular formula is C30H24B4F16N6Ru. The molecule has 6 nitrogen and oxygen atoms in total. The summed E-state index contributed by atoms with van der Waals surface area (Å²) in [5.74, 6) is 0. The van der Waals surface area contributed by atoms with Crippen LogP contribution >= 0.6 is 0 Å². The molecule has 0 fully saturated rings. The van der Waals surface area contributed by atoms with Gasteiger partial charge in [0.05, 0.1) is 34.2 Å². The third kappa shape index (κ3) is 40.2. The molecule has 0 bridgehead atoms. The van der Waals surface area contributed by atoms with E-state index in [-0.39, 0.29) is 19.5 Å². The summed E-state index contributed by atoms with van der Waals surface area (Å²) in [7, 11) is -24.0. The molecule has 0 aliphatic rings. The molecule has 6 aromatic rings. The molecule has 0 unspecified atom stereocenters. The molecule has 27 heteroatoms. The molecule has 0 saturated heterocycles. The molecule has 0 atom stereocenters. The number of rotatable bonds is 3. The minimum atomic E-state index is -6.00. The van der Waals surface area contributed by atoms with Crippen molar-refractivity contribution < 1.29 is 88.5 Å². The van der Waals surface area contributed by atoms with Crippen molar-refractivity contribution in [3.8, 4) is 34.2 Å². The van der Waals surface area contributed by atoms with E-state index in [9.17, 15) is 69.1 Å². The second kappa shape index (κ2) is 28.1. The maximum Gasteiger partial charge on any atom is 4.00 e. The fraction of sp³-hybridized carbons (Fsp3) is 0. The Labute approximate surface area is 327 Å². The van der Waals surface area contributed by atoms with Crippen molar-refractivity contribution >= 4 is 29.0 Å². The van der Waals surface area contributed by atoms with E-state index >= 15 is 0 Å². The van der Waals surface area contributed by atoms with Gasteiger partial charge in [0.25, 0.3) is 0 Å². The van der Waals surface area contributed by atoms with Gasteiger partial charge in [-0.25, -0.2) is 0 Å². The van der Waals surface area contributed by atoms with E-state index in [1.165, 1.54) is 0 Å². The van der Waals surface area contributed by atoms with Crippen LogP contribution in [-0.2, 0) is 19.5 Å². The van der Waals surface area contributed by atoms with Crippen molar-refractivity contribution in [1.82, 2.24) is 29.9 Å². The normalized spacial score (nSPS) is 10.3. The van der Waals surface area contributed by atoms with Crippen LogP contribution in [0.2, 0.25) is 0 Å². The number of hydrogen-bond donors (Lipinski definition) is 0. The zero-order chi connectivity index (χ0) is 42.7. The quantitative estimate of drug-likeness (QED) is 0.130. The van der Waals surface area contributed by atoms with Gasteiger partial charge in [0.2, 0.25) is 0 Å². The van der Waals surface area contributed by atoms with Gasteiger partial charge in [0.15, 0.2) is 0 Å². The molecular weight excluding hydrogens is 893 g/mol. The van der Waals surface area contributed by atoms with Gasteiger partial charge in [-0.3, -0.25) is 29.9 Å². The molecule has 0 radical (unpaired) electrons. The van der Waals surface area contributed by atoms with Crippen LogP contribution in [0.3, 0.4) is 0 Å². The smallest absolute Gasteiger partial charge is 0.418 e. The Morgan fingerprint density at radius 1 is 0.228 bits per heavy atom. The van der Waals surface area contributed by atoms with Crippen LogP contribution in [0.1, 0.15) is 0 Å². The minimum absolute atomic E-state index is 0. The summed E-state index contributed by atoms with van der Waals surface area (Å²) in [6, 6.07) is 34.8. The van der Waals surface area contributed by atoms with E-state index in [0.717, 1.165) is 34.2 Å².